The summed E-state index contributed by atoms with van der Waals surface area (Å²) >= 11 is 11.8. The molecule has 0 aromatic heterocycles. The maximum atomic E-state index is 12.2. The molecule has 4 nitrogen and oxygen atoms in total. The fourth-order valence-corrected chi connectivity index (χ4v) is 3.48. The molecule has 6 heteroatoms. The predicted octanol–water partition coefficient (Wildman–Crippen LogP) is 4.89. The second kappa shape index (κ2) is 9.28. The molecule has 0 unspecified atom stereocenters. The van der Waals surface area contributed by atoms with Crippen LogP contribution in [0.4, 0.5) is 5.69 Å². The van der Waals surface area contributed by atoms with Crippen LogP contribution >= 0.6 is 23.2 Å². The summed E-state index contributed by atoms with van der Waals surface area (Å²) < 4.78 is 0. The van der Waals surface area contributed by atoms with Crippen molar-refractivity contribution in [2.45, 2.75) is 57.9 Å². The molecule has 1 aliphatic rings. The van der Waals surface area contributed by atoms with Gasteiger partial charge in [-0.25, -0.2) is 0 Å². The number of hydrogen-bond donors (Lipinski definition) is 1. The van der Waals surface area contributed by atoms with Gasteiger partial charge in [-0.2, -0.15) is 0 Å². The molecule has 1 aromatic rings. The summed E-state index contributed by atoms with van der Waals surface area (Å²) in [6.45, 7) is 2.04. The molecule has 1 saturated carbocycles. The Morgan fingerprint density at radius 1 is 1.12 bits per heavy atom. The van der Waals surface area contributed by atoms with Gasteiger partial charge in [0.1, 0.15) is 0 Å². The van der Waals surface area contributed by atoms with Crippen molar-refractivity contribution < 1.29 is 9.59 Å². The third-order valence-electron chi connectivity index (χ3n) is 4.45. The second-order valence-corrected chi connectivity index (χ2v) is 7.10. The Labute approximate surface area is 153 Å². The van der Waals surface area contributed by atoms with Gasteiger partial charge in [-0.1, -0.05) is 48.9 Å². The smallest absolute Gasteiger partial charge is 0.226 e. The first-order valence-electron chi connectivity index (χ1n) is 8.49. The van der Waals surface area contributed by atoms with Crippen molar-refractivity contribution in [2.24, 2.45) is 0 Å². The molecule has 0 atom stereocenters. The first-order valence-corrected chi connectivity index (χ1v) is 9.25. The van der Waals surface area contributed by atoms with Crippen LogP contribution in [-0.2, 0) is 9.59 Å². The van der Waals surface area contributed by atoms with Gasteiger partial charge in [0.15, 0.2) is 0 Å². The van der Waals surface area contributed by atoms with E-state index in [1.165, 1.54) is 12.8 Å². The number of carbonyl (C=O) groups excluding carboxylic acids is 2. The molecule has 2 rings (SSSR count). The standard InChI is InChI=1S/C18H24Cl2N2O2/c1-13(23)22(15-6-4-2-3-5-7-15)11-10-18(24)21-14-8-9-16(19)17(20)12-14/h8-9,12,15H,2-7,10-11H2,1H3,(H,21,24). The number of nitrogens with one attached hydrogen (secondary N) is 1. The number of rotatable bonds is 5. The van der Waals surface area contributed by atoms with Crippen LogP contribution in [0.2, 0.25) is 10.0 Å². The maximum absolute atomic E-state index is 12.2. The van der Waals surface area contributed by atoms with Gasteiger partial charge >= 0.3 is 0 Å². The highest BCUT2D eigenvalue weighted by atomic mass is 35.5. The van der Waals surface area contributed by atoms with Crippen molar-refractivity contribution in [3.63, 3.8) is 0 Å². The van der Waals surface area contributed by atoms with E-state index in [1.807, 2.05) is 4.90 Å². The van der Waals surface area contributed by atoms with E-state index in [1.54, 1.807) is 25.1 Å². The molecule has 0 bridgehead atoms. The van der Waals surface area contributed by atoms with E-state index in [4.69, 9.17) is 23.2 Å². The lowest BCUT2D eigenvalue weighted by Gasteiger charge is -2.30. The van der Waals surface area contributed by atoms with Crippen LogP contribution in [0, 0.1) is 0 Å². The summed E-state index contributed by atoms with van der Waals surface area (Å²) in [6, 6.07) is 5.24. The minimum absolute atomic E-state index is 0.0456. The van der Waals surface area contributed by atoms with Crippen molar-refractivity contribution in [1.82, 2.24) is 4.90 Å². The molecule has 1 fully saturated rings. The molecule has 2 amide bonds. The lowest BCUT2D eigenvalue weighted by Crippen LogP contribution is -2.40. The van der Waals surface area contributed by atoms with Crippen LogP contribution < -0.4 is 5.32 Å². The summed E-state index contributed by atoms with van der Waals surface area (Å²) in [5, 5.41) is 3.65. The molecule has 24 heavy (non-hydrogen) atoms. The lowest BCUT2D eigenvalue weighted by molar-refractivity contribution is -0.131. The van der Waals surface area contributed by atoms with E-state index in [-0.39, 0.29) is 24.3 Å². The zero-order valence-corrected chi connectivity index (χ0v) is 15.5. The summed E-state index contributed by atoms with van der Waals surface area (Å²) in [5.41, 5.74) is 0.609. The molecular formula is C18H24Cl2N2O2. The van der Waals surface area contributed by atoms with E-state index in [0.29, 0.717) is 22.3 Å². The molecule has 0 aliphatic heterocycles. The van der Waals surface area contributed by atoms with Gasteiger partial charge in [0, 0.05) is 31.6 Å². The van der Waals surface area contributed by atoms with E-state index < -0.39 is 0 Å². The fourth-order valence-electron chi connectivity index (χ4n) is 3.19. The predicted molar refractivity (Wildman–Crippen MR) is 98.6 cm³/mol. The number of hydrogen-bond acceptors (Lipinski definition) is 2. The summed E-state index contributed by atoms with van der Waals surface area (Å²) in [5.74, 6) is -0.0856. The van der Waals surface area contributed by atoms with E-state index in [0.717, 1.165) is 25.7 Å². The van der Waals surface area contributed by atoms with Crippen molar-refractivity contribution in [1.29, 1.82) is 0 Å². The van der Waals surface area contributed by atoms with Gasteiger partial charge in [-0.05, 0) is 31.0 Å². The van der Waals surface area contributed by atoms with Crippen molar-refractivity contribution >= 4 is 40.7 Å². The normalized spacial score (nSPS) is 15.6. The van der Waals surface area contributed by atoms with Gasteiger partial charge in [0.05, 0.1) is 10.0 Å². The molecule has 1 aromatic carbocycles. The Morgan fingerprint density at radius 2 is 1.79 bits per heavy atom. The van der Waals surface area contributed by atoms with Gasteiger partial charge in [-0.15, -0.1) is 0 Å². The van der Waals surface area contributed by atoms with Crippen LogP contribution in [0.5, 0.6) is 0 Å². The van der Waals surface area contributed by atoms with Crippen molar-refractivity contribution in [3.05, 3.63) is 28.2 Å². The van der Waals surface area contributed by atoms with Crippen molar-refractivity contribution in [3.8, 4) is 0 Å². The number of amides is 2. The highest BCUT2D eigenvalue weighted by Crippen LogP contribution is 2.25. The number of anilines is 1. The Hall–Kier alpha value is -1.26. The van der Waals surface area contributed by atoms with Crippen LogP contribution in [0.15, 0.2) is 18.2 Å². The minimum Gasteiger partial charge on any atom is -0.339 e. The first-order chi connectivity index (χ1) is 11.5. The topological polar surface area (TPSA) is 49.4 Å². The average molecular weight is 371 g/mol. The number of halogens is 2. The summed E-state index contributed by atoms with van der Waals surface area (Å²) in [6.07, 6.45) is 7.13. The summed E-state index contributed by atoms with van der Waals surface area (Å²) in [7, 11) is 0. The Kier molecular flexibility index (Phi) is 7.38. The molecular weight excluding hydrogens is 347 g/mol. The third-order valence-corrected chi connectivity index (χ3v) is 5.19. The average Bonchev–Trinajstić information content (AvgIpc) is 2.80. The first kappa shape index (κ1) is 19.1. The van der Waals surface area contributed by atoms with Gasteiger partial charge in [-0.3, -0.25) is 9.59 Å². The third kappa shape index (κ3) is 5.67. The summed E-state index contributed by atoms with van der Waals surface area (Å²) in [4.78, 5) is 26.0. The highest BCUT2D eigenvalue weighted by Gasteiger charge is 2.22. The monoisotopic (exact) mass is 370 g/mol. The van der Waals surface area contributed by atoms with Gasteiger partial charge in [0.2, 0.25) is 11.8 Å². The quantitative estimate of drug-likeness (QED) is 0.749. The SMILES string of the molecule is CC(=O)N(CCC(=O)Nc1ccc(Cl)c(Cl)c1)C1CCCCCC1. The number of carbonyl (C=O) groups is 2. The van der Waals surface area contributed by atoms with Gasteiger partial charge in [0.25, 0.3) is 0 Å². The number of benzene rings is 1. The second-order valence-electron chi connectivity index (χ2n) is 6.28. The lowest BCUT2D eigenvalue weighted by atomic mass is 10.1. The van der Waals surface area contributed by atoms with Crippen LogP contribution in [0.3, 0.4) is 0 Å². The highest BCUT2D eigenvalue weighted by molar-refractivity contribution is 6.42. The minimum atomic E-state index is -0.131. The molecule has 0 radical (unpaired) electrons. The van der Waals surface area contributed by atoms with Crippen LogP contribution in [0.25, 0.3) is 0 Å². The molecule has 0 heterocycles. The Morgan fingerprint density at radius 3 is 2.38 bits per heavy atom. The zero-order chi connectivity index (χ0) is 17.5. The Balaban J connectivity index is 1.89. The zero-order valence-electron chi connectivity index (χ0n) is 14.0. The maximum Gasteiger partial charge on any atom is 0.226 e. The van der Waals surface area contributed by atoms with Gasteiger partial charge < -0.3 is 10.2 Å². The van der Waals surface area contributed by atoms with E-state index in [2.05, 4.69) is 5.32 Å². The van der Waals surface area contributed by atoms with Crippen molar-refractivity contribution in [2.75, 3.05) is 11.9 Å². The van der Waals surface area contributed by atoms with Crippen LogP contribution in [-0.4, -0.2) is 29.3 Å². The molecule has 1 N–H and O–H groups in total. The van der Waals surface area contributed by atoms with Crippen LogP contribution in [0.1, 0.15) is 51.9 Å². The van der Waals surface area contributed by atoms with E-state index in [9.17, 15) is 9.59 Å². The number of nitrogens with zero attached hydrogens (tertiary/aromatic N) is 1. The molecule has 0 saturated heterocycles. The Bertz CT molecular complexity index is 584. The fraction of sp³-hybridized carbons (Fsp3) is 0.556. The molecule has 0 spiro atoms. The molecule has 1 aliphatic carbocycles. The largest absolute Gasteiger partial charge is 0.339 e. The molecule has 132 valence electrons. The van der Waals surface area contributed by atoms with E-state index >= 15 is 0 Å².